The highest BCUT2D eigenvalue weighted by atomic mass is 16.5. The van der Waals surface area contributed by atoms with E-state index in [-0.39, 0.29) is 0 Å². The van der Waals surface area contributed by atoms with Gasteiger partial charge in [-0.2, -0.15) is 0 Å². The zero-order valence-corrected chi connectivity index (χ0v) is 11.4. The van der Waals surface area contributed by atoms with Crippen molar-refractivity contribution in [3.8, 4) is 0 Å². The maximum absolute atomic E-state index is 5.40. The van der Waals surface area contributed by atoms with Crippen LogP contribution in [0.4, 0.5) is 0 Å². The molecule has 0 saturated heterocycles. The lowest BCUT2D eigenvalue weighted by Crippen LogP contribution is -2.59. The molecule has 0 spiro atoms. The van der Waals surface area contributed by atoms with Gasteiger partial charge in [0.2, 0.25) is 0 Å². The molecule has 1 N–H and O–H groups in total. The van der Waals surface area contributed by atoms with Crippen molar-refractivity contribution in [1.82, 2.24) is 10.2 Å². The van der Waals surface area contributed by atoms with Crippen molar-refractivity contribution in [2.45, 2.75) is 50.6 Å². The van der Waals surface area contributed by atoms with Gasteiger partial charge in [-0.1, -0.05) is 19.8 Å². The van der Waals surface area contributed by atoms with Gasteiger partial charge in [0.25, 0.3) is 0 Å². The van der Waals surface area contributed by atoms with Gasteiger partial charge in [-0.05, 0) is 39.9 Å². The molecule has 0 bridgehead atoms. The van der Waals surface area contributed by atoms with E-state index in [1.165, 1.54) is 32.1 Å². The number of ether oxygens (including phenoxy) is 1. The Balaban J connectivity index is 2.70. The summed E-state index contributed by atoms with van der Waals surface area (Å²) in [7, 11) is 6.22. The second-order valence-electron chi connectivity index (χ2n) is 5.17. The van der Waals surface area contributed by atoms with E-state index in [1.54, 1.807) is 7.11 Å². The predicted molar refractivity (Wildman–Crippen MR) is 68.8 cm³/mol. The van der Waals surface area contributed by atoms with Gasteiger partial charge in [-0.15, -0.1) is 0 Å². The van der Waals surface area contributed by atoms with Gasteiger partial charge in [0, 0.05) is 18.7 Å². The second-order valence-corrected chi connectivity index (χ2v) is 5.17. The minimum Gasteiger partial charge on any atom is -0.383 e. The topological polar surface area (TPSA) is 24.5 Å². The minimum atomic E-state index is 0.311. The first kappa shape index (κ1) is 13.9. The summed E-state index contributed by atoms with van der Waals surface area (Å²) in [6.45, 7) is 4.12. The molecule has 0 aromatic rings. The molecule has 96 valence electrons. The number of rotatable bonds is 7. The van der Waals surface area contributed by atoms with E-state index in [4.69, 9.17) is 4.74 Å². The monoisotopic (exact) mass is 228 g/mol. The molecule has 0 aliphatic heterocycles. The molecule has 1 unspecified atom stereocenters. The SMILES string of the molecule is CCCNC(COC)C1(N(C)C)CCCC1. The molecule has 1 saturated carbocycles. The molecular formula is C13H28N2O. The summed E-state index contributed by atoms with van der Waals surface area (Å²) in [6.07, 6.45) is 6.48. The van der Waals surface area contributed by atoms with E-state index in [0.717, 1.165) is 13.2 Å². The second kappa shape index (κ2) is 6.58. The van der Waals surface area contributed by atoms with Crippen molar-refractivity contribution in [3.63, 3.8) is 0 Å². The lowest BCUT2D eigenvalue weighted by atomic mass is 9.87. The molecular weight excluding hydrogens is 200 g/mol. The summed E-state index contributed by atoms with van der Waals surface area (Å²) in [6, 6.07) is 0.468. The van der Waals surface area contributed by atoms with E-state index in [9.17, 15) is 0 Å². The molecule has 1 rings (SSSR count). The van der Waals surface area contributed by atoms with Crippen molar-refractivity contribution >= 4 is 0 Å². The zero-order chi connectivity index (χ0) is 12.0. The van der Waals surface area contributed by atoms with Crippen LogP contribution in [-0.4, -0.2) is 50.8 Å². The highest BCUT2D eigenvalue weighted by Gasteiger charge is 2.42. The Morgan fingerprint density at radius 2 is 1.94 bits per heavy atom. The number of hydrogen-bond acceptors (Lipinski definition) is 3. The standard InChI is InChI=1S/C13H28N2O/c1-5-10-14-12(11-16-4)13(15(2)3)8-6-7-9-13/h12,14H,5-11H2,1-4H3. The van der Waals surface area contributed by atoms with Crippen molar-refractivity contribution in [2.24, 2.45) is 0 Å². The van der Waals surface area contributed by atoms with E-state index in [2.05, 4.69) is 31.2 Å². The van der Waals surface area contributed by atoms with Crippen LogP contribution in [0.5, 0.6) is 0 Å². The Bertz CT molecular complexity index is 188. The predicted octanol–water partition coefficient (Wildman–Crippen LogP) is 1.88. The van der Waals surface area contributed by atoms with Crippen LogP contribution in [0.1, 0.15) is 39.0 Å². The molecule has 0 aromatic heterocycles. The fourth-order valence-corrected chi connectivity index (χ4v) is 2.98. The van der Waals surface area contributed by atoms with Crippen molar-refractivity contribution in [3.05, 3.63) is 0 Å². The summed E-state index contributed by atoms with van der Waals surface area (Å²) < 4.78 is 5.40. The molecule has 3 heteroatoms. The first-order valence-corrected chi connectivity index (χ1v) is 6.57. The Hall–Kier alpha value is -0.120. The van der Waals surface area contributed by atoms with E-state index >= 15 is 0 Å². The van der Waals surface area contributed by atoms with Crippen LogP contribution in [0.25, 0.3) is 0 Å². The molecule has 3 nitrogen and oxygen atoms in total. The van der Waals surface area contributed by atoms with E-state index in [0.29, 0.717) is 11.6 Å². The fraction of sp³-hybridized carbons (Fsp3) is 1.00. The van der Waals surface area contributed by atoms with Crippen LogP contribution >= 0.6 is 0 Å². The minimum absolute atomic E-state index is 0.311. The number of methoxy groups -OCH3 is 1. The average molecular weight is 228 g/mol. The van der Waals surface area contributed by atoms with Gasteiger partial charge in [0.05, 0.1) is 6.61 Å². The molecule has 0 aromatic carbocycles. The Kier molecular flexibility index (Phi) is 5.73. The fourth-order valence-electron chi connectivity index (χ4n) is 2.98. The summed E-state index contributed by atoms with van der Waals surface area (Å²) in [5.74, 6) is 0. The first-order valence-electron chi connectivity index (χ1n) is 6.57. The van der Waals surface area contributed by atoms with Gasteiger partial charge in [0.15, 0.2) is 0 Å². The highest BCUT2D eigenvalue weighted by molar-refractivity contribution is 5.02. The van der Waals surface area contributed by atoms with Crippen LogP contribution in [-0.2, 0) is 4.74 Å². The van der Waals surface area contributed by atoms with Gasteiger partial charge in [-0.3, -0.25) is 0 Å². The van der Waals surface area contributed by atoms with Crippen LogP contribution in [0.15, 0.2) is 0 Å². The smallest absolute Gasteiger partial charge is 0.0633 e. The maximum atomic E-state index is 5.40. The van der Waals surface area contributed by atoms with Gasteiger partial charge in [0.1, 0.15) is 0 Å². The average Bonchev–Trinajstić information content (AvgIpc) is 2.74. The Morgan fingerprint density at radius 3 is 2.38 bits per heavy atom. The third-order valence-electron chi connectivity index (χ3n) is 3.98. The molecule has 1 atom stereocenters. The molecule has 0 radical (unpaired) electrons. The van der Waals surface area contributed by atoms with Gasteiger partial charge in [-0.25, -0.2) is 0 Å². The zero-order valence-electron chi connectivity index (χ0n) is 11.4. The lowest BCUT2D eigenvalue weighted by molar-refractivity contribution is 0.0517. The summed E-state index contributed by atoms with van der Waals surface area (Å²) in [5, 5.41) is 3.67. The molecule has 1 aliphatic carbocycles. The number of hydrogen-bond donors (Lipinski definition) is 1. The van der Waals surface area contributed by atoms with Crippen LogP contribution in [0.2, 0.25) is 0 Å². The number of nitrogens with zero attached hydrogens (tertiary/aromatic N) is 1. The summed E-state index contributed by atoms with van der Waals surface area (Å²) in [4.78, 5) is 2.41. The quantitative estimate of drug-likeness (QED) is 0.720. The lowest BCUT2D eigenvalue weighted by Gasteiger charge is -2.43. The van der Waals surface area contributed by atoms with Gasteiger partial charge >= 0.3 is 0 Å². The number of nitrogens with one attached hydrogen (secondary N) is 1. The molecule has 1 aliphatic rings. The maximum Gasteiger partial charge on any atom is 0.0633 e. The van der Waals surface area contributed by atoms with Gasteiger partial charge < -0.3 is 15.0 Å². The van der Waals surface area contributed by atoms with E-state index in [1.807, 2.05) is 0 Å². The van der Waals surface area contributed by atoms with Crippen molar-refractivity contribution in [1.29, 1.82) is 0 Å². The summed E-state index contributed by atoms with van der Waals surface area (Å²) >= 11 is 0. The Labute approximate surface area is 101 Å². The van der Waals surface area contributed by atoms with Crippen LogP contribution in [0.3, 0.4) is 0 Å². The Morgan fingerprint density at radius 1 is 1.31 bits per heavy atom. The van der Waals surface area contributed by atoms with Crippen LogP contribution in [0, 0.1) is 0 Å². The van der Waals surface area contributed by atoms with Crippen LogP contribution < -0.4 is 5.32 Å². The summed E-state index contributed by atoms with van der Waals surface area (Å²) in [5.41, 5.74) is 0.311. The van der Waals surface area contributed by atoms with Crippen molar-refractivity contribution in [2.75, 3.05) is 34.4 Å². The molecule has 16 heavy (non-hydrogen) atoms. The normalized spacial score (nSPS) is 21.6. The van der Waals surface area contributed by atoms with Crippen molar-refractivity contribution < 1.29 is 4.74 Å². The first-order chi connectivity index (χ1) is 7.67. The third kappa shape index (κ3) is 2.96. The molecule has 1 fully saturated rings. The number of likely N-dealkylation sites (N-methyl/N-ethyl adjacent to an activating group) is 1. The molecule has 0 heterocycles. The third-order valence-corrected chi connectivity index (χ3v) is 3.98. The van der Waals surface area contributed by atoms with E-state index < -0.39 is 0 Å². The molecule has 0 amide bonds. The largest absolute Gasteiger partial charge is 0.383 e. The highest BCUT2D eigenvalue weighted by Crippen LogP contribution is 2.36.